The molecule has 1 heterocycles. The van der Waals surface area contributed by atoms with Crippen LogP contribution in [0.15, 0.2) is 58.6 Å². The van der Waals surface area contributed by atoms with E-state index in [1.165, 1.54) is 18.2 Å². The summed E-state index contributed by atoms with van der Waals surface area (Å²) in [6, 6.07) is 11.1. The van der Waals surface area contributed by atoms with Gasteiger partial charge in [-0.1, -0.05) is 46.3 Å². The van der Waals surface area contributed by atoms with Gasteiger partial charge in [0.2, 0.25) is 0 Å². The molecule has 7 heteroatoms. The van der Waals surface area contributed by atoms with Crippen molar-refractivity contribution in [3.05, 3.63) is 75.5 Å². The summed E-state index contributed by atoms with van der Waals surface area (Å²) in [6.45, 7) is -0.545. The Morgan fingerprint density at radius 3 is 2.38 bits per heavy atom. The molecule has 0 aromatic heterocycles. The molecule has 2 aromatic carbocycles. The van der Waals surface area contributed by atoms with Crippen molar-refractivity contribution in [1.29, 1.82) is 0 Å². The van der Waals surface area contributed by atoms with E-state index in [-0.39, 0.29) is 23.4 Å². The summed E-state index contributed by atoms with van der Waals surface area (Å²) in [7, 11) is 0. The predicted octanol–water partition coefficient (Wildman–Crippen LogP) is 3.00. The second kappa shape index (κ2) is 7.39. The van der Waals surface area contributed by atoms with Gasteiger partial charge in [-0.15, -0.1) is 0 Å². The van der Waals surface area contributed by atoms with Gasteiger partial charge in [0.05, 0.1) is 18.2 Å². The number of amides is 1. The number of rotatable bonds is 4. The lowest BCUT2D eigenvalue weighted by Gasteiger charge is -2.24. The first-order valence-corrected chi connectivity index (χ1v) is 8.64. The topological polar surface area (TPSA) is 77.8 Å². The lowest BCUT2D eigenvalue weighted by atomic mass is 9.95. The van der Waals surface area contributed by atoms with Crippen molar-refractivity contribution in [1.82, 2.24) is 4.90 Å². The van der Waals surface area contributed by atoms with Gasteiger partial charge in [0.25, 0.3) is 11.7 Å². The van der Waals surface area contributed by atoms with Crippen LogP contribution < -0.4 is 0 Å². The van der Waals surface area contributed by atoms with E-state index >= 15 is 0 Å². The lowest BCUT2D eigenvalue weighted by Crippen LogP contribution is -2.32. The Labute approximate surface area is 157 Å². The number of Topliss-reactive ketones (excluding diaryl/α,β-unsaturated/α-hetero) is 1. The fourth-order valence-electron chi connectivity index (χ4n) is 3.00. The third kappa shape index (κ3) is 3.15. The van der Waals surface area contributed by atoms with E-state index < -0.39 is 30.2 Å². The van der Waals surface area contributed by atoms with E-state index in [1.54, 1.807) is 30.3 Å². The van der Waals surface area contributed by atoms with Crippen molar-refractivity contribution in [2.75, 3.05) is 13.2 Å². The summed E-state index contributed by atoms with van der Waals surface area (Å²) in [5, 5.41) is 19.9. The minimum Gasteiger partial charge on any atom is -0.507 e. The standard InChI is InChI=1S/C19H15BrFNO4/c20-12-7-5-11(6-8-12)17(24)15-16(13-3-1-2-4-14(13)21)22(9-10-23)19(26)18(15)25/h1-8,16,23-24H,9-10H2/b17-15+. The highest BCUT2D eigenvalue weighted by Crippen LogP contribution is 2.40. The fourth-order valence-corrected chi connectivity index (χ4v) is 3.27. The number of likely N-dealkylation sites (tertiary alicyclic amines) is 1. The lowest BCUT2D eigenvalue weighted by molar-refractivity contribution is -0.140. The molecule has 3 rings (SSSR count). The average molecular weight is 420 g/mol. The average Bonchev–Trinajstić information content (AvgIpc) is 2.87. The van der Waals surface area contributed by atoms with Gasteiger partial charge in [0.15, 0.2) is 0 Å². The summed E-state index contributed by atoms with van der Waals surface area (Å²) in [4.78, 5) is 26.0. The maximum atomic E-state index is 14.4. The third-order valence-corrected chi connectivity index (χ3v) is 4.73. The molecule has 2 aromatic rings. The smallest absolute Gasteiger partial charge is 0.295 e. The summed E-state index contributed by atoms with van der Waals surface area (Å²) < 4.78 is 15.2. The second-order valence-electron chi connectivity index (χ2n) is 5.74. The molecule has 26 heavy (non-hydrogen) atoms. The number of β-amino-alcohol motifs (C(OH)–C–C–N with tert-alkyl or cyclic N) is 1. The Morgan fingerprint density at radius 2 is 1.77 bits per heavy atom. The van der Waals surface area contributed by atoms with Crippen LogP contribution in [-0.4, -0.2) is 40.0 Å². The molecule has 1 aliphatic heterocycles. The zero-order valence-electron chi connectivity index (χ0n) is 13.5. The zero-order chi connectivity index (χ0) is 18.8. The number of hydrogen-bond donors (Lipinski definition) is 2. The molecule has 5 nitrogen and oxygen atoms in total. The summed E-state index contributed by atoms with van der Waals surface area (Å²) in [5.74, 6) is -2.79. The van der Waals surface area contributed by atoms with Crippen molar-refractivity contribution in [3.63, 3.8) is 0 Å². The van der Waals surface area contributed by atoms with Crippen molar-refractivity contribution < 1.29 is 24.2 Å². The van der Waals surface area contributed by atoms with Crippen LogP contribution in [0.4, 0.5) is 4.39 Å². The molecule has 2 N–H and O–H groups in total. The molecule has 1 atom stereocenters. The van der Waals surface area contributed by atoms with Crippen LogP contribution in [0, 0.1) is 5.82 Å². The van der Waals surface area contributed by atoms with E-state index in [2.05, 4.69) is 15.9 Å². The predicted molar refractivity (Wildman–Crippen MR) is 96.6 cm³/mol. The molecular formula is C19H15BrFNO4. The number of aliphatic hydroxyl groups excluding tert-OH is 2. The molecule has 0 aliphatic carbocycles. The van der Waals surface area contributed by atoms with Crippen LogP contribution >= 0.6 is 15.9 Å². The Balaban J connectivity index is 2.21. The van der Waals surface area contributed by atoms with Gasteiger partial charge in [-0.05, 0) is 18.2 Å². The number of benzene rings is 2. The number of ketones is 1. The Morgan fingerprint density at radius 1 is 1.12 bits per heavy atom. The molecule has 0 saturated carbocycles. The third-order valence-electron chi connectivity index (χ3n) is 4.20. The minimum atomic E-state index is -1.10. The van der Waals surface area contributed by atoms with E-state index in [0.29, 0.717) is 5.56 Å². The number of carbonyl (C=O) groups excluding carboxylic acids is 2. The van der Waals surface area contributed by atoms with Crippen molar-refractivity contribution in [3.8, 4) is 0 Å². The van der Waals surface area contributed by atoms with Crippen LogP contribution in [0.2, 0.25) is 0 Å². The quantitative estimate of drug-likeness (QED) is 0.453. The van der Waals surface area contributed by atoms with Crippen LogP contribution in [-0.2, 0) is 9.59 Å². The van der Waals surface area contributed by atoms with Crippen molar-refractivity contribution in [2.45, 2.75) is 6.04 Å². The molecule has 1 aliphatic rings. The van der Waals surface area contributed by atoms with Gasteiger partial charge >= 0.3 is 0 Å². The van der Waals surface area contributed by atoms with E-state index in [0.717, 1.165) is 9.37 Å². The largest absolute Gasteiger partial charge is 0.507 e. The molecule has 1 saturated heterocycles. The maximum absolute atomic E-state index is 14.4. The van der Waals surface area contributed by atoms with Gasteiger partial charge in [0, 0.05) is 22.1 Å². The molecule has 1 amide bonds. The number of halogens is 2. The first-order valence-electron chi connectivity index (χ1n) is 7.85. The van der Waals surface area contributed by atoms with E-state index in [1.807, 2.05) is 0 Å². The Hall–Kier alpha value is -2.51. The summed E-state index contributed by atoms with van der Waals surface area (Å²) in [5.41, 5.74) is 0.214. The van der Waals surface area contributed by atoms with Crippen LogP contribution in [0.5, 0.6) is 0 Å². The molecule has 0 bridgehead atoms. The molecule has 1 unspecified atom stereocenters. The number of nitrogens with zero attached hydrogens (tertiary/aromatic N) is 1. The maximum Gasteiger partial charge on any atom is 0.295 e. The van der Waals surface area contributed by atoms with Gasteiger partial charge in [-0.3, -0.25) is 9.59 Å². The molecular weight excluding hydrogens is 405 g/mol. The normalized spacial score (nSPS) is 19.2. The highest BCUT2D eigenvalue weighted by atomic mass is 79.9. The Bertz CT molecular complexity index is 895. The monoisotopic (exact) mass is 419 g/mol. The molecule has 0 radical (unpaired) electrons. The van der Waals surface area contributed by atoms with Gasteiger partial charge in [-0.25, -0.2) is 4.39 Å². The second-order valence-corrected chi connectivity index (χ2v) is 6.66. The highest BCUT2D eigenvalue weighted by Gasteiger charge is 2.46. The van der Waals surface area contributed by atoms with Crippen LogP contribution in [0.25, 0.3) is 5.76 Å². The Kier molecular flexibility index (Phi) is 5.20. The van der Waals surface area contributed by atoms with Crippen LogP contribution in [0.1, 0.15) is 17.2 Å². The van der Waals surface area contributed by atoms with E-state index in [9.17, 15) is 24.2 Å². The summed E-state index contributed by atoms with van der Waals surface area (Å²) >= 11 is 3.28. The van der Waals surface area contributed by atoms with Crippen molar-refractivity contribution in [2.24, 2.45) is 0 Å². The number of carbonyl (C=O) groups is 2. The first kappa shape index (κ1) is 18.3. The molecule has 134 valence electrons. The number of aliphatic hydroxyl groups is 2. The van der Waals surface area contributed by atoms with Gasteiger partial charge in [-0.2, -0.15) is 0 Å². The fraction of sp³-hybridized carbons (Fsp3) is 0.158. The van der Waals surface area contributed by atoms with E-state index in [4.69, 9.17) is 0 Å². The molecule has 1 fully saturated rings. The van der Waals surface area contributed by atoms with Gasteiger partial charge in [0.1, 0.15) is 11.6 Å². The highest BCUT2D eigenvalue weighted by molar-refractivity contribution is 9.10. The molecule has 0 spiro atoms. The number of hydrogen-bond acceptors (Lipinski definition) is 4. The van der Waals surface area contributed by atoms with Gasteiger partial charge < -0.3 is 15.1 Å². The summed E-state index contributed by atoms with van der Waals surface area (Å²) in [6.07, 6.45) is 0. The van der Waals surface area contributed by atoms with Crippen molar-refractivity contribution >= 4 is 33.4 Å². The first-order chi connectivity index (χ1) is 12.5. The minimum absolute atomic E-state index is 0.0822. The SMILES string of the molecule is O=C1C(=O)N(CCO)C(c2ccccc2F)/C1=C(\O)c1ccc(Br)cc1. The zero-order valence-corrected chi connectivity index (χ0v) is 15.1. The van der Waals surface area contributed by atoms with Crippen LogP contribution in [0.3, 0.4) is 0 Å².